The molecule has 4 nitrogen and oxygen atoms in total. The van der Waals surface area contributed by atoms with Crippen LogP contribution in [0.1, 0.15) is 27.7 Å². The van der Waals surface area contributed by atoms with Gasteiger partial charge in [-0.1, -0.05) is 12.1 Å². The van der Waals surface area contributed by atoms with Gasteiger partial charge in [-0.3, -0.25) is 0 Å². The van der Waals surface area contributed by atoms with Crippen LogP contribution in [0.25, 0.3) is 10.9 Å². The molecule has 1 N–H and O–H groups in total. The maximum absolute atomic E-state index is 12.3. The third kappa shape index (κ3) is 2.72. The van der Waals surface area contributed by atoms with Gasteiger partial charge in [-0.05, 0) is 39.8 Å². The van der Waals surface area contributed by atoms with Crippen LogP contribution < -0.4 is 4.74 Å². The van der Waals surface area contributed by atoms with Gasteiger partial charge in [-0.2, -0.15) is 0 Å². The molecule has 0 saturated carbocycles. The number of amides is 1. The van der Waals surface area contributed by atoms with Gasteiger partial charge in [0, 0.05) is 23.7 Å². The van der Waals surface area contributed by atoms with Crippen LogP contribution in [-0.4, -0.2) is 28.1 Å². The minimum atomic E-state index is -0.313. The third-order valence-corrected chi connectivity index (χ3v) is 3.07. The van der Waals surface area contributed by atoms with Gasteiger partial charge >= 0.3 is 6.09 Å². The van der Waals surface area contributed by atoms with Crippen molar-refractivity contribution in [3.63, 3.8) is 0 Å². The first-order valence-corrected chi connectivity index (χ1v) is 6.57. The number of benzene rings is 1. The number of ether oxygens (including phenoxy) is 1. The number of nitrogens with one attached hydrogen (secondary N) is 1. The Labute approximate surface area is 113 Å². The third-order valence-electron chi connectivity index (χ3n) is 3.07. The number of rotatable bonds is 3. The number of carbonyl (C=O) groups is 1. The molecule has 1 aromatic carbocycles. The van der Waals surface area contributed by atoms with Crippen LogP contribution in [0.5, 0.6) is 5.75 Å². The van der Waals surface area contributed by atoms with E-state index in [1.54, 1.807) is 11.0 Å². The van der Waals surface area contributed by atoms with E-state index in [-0.39, 0.29) is 18.2 Å². The fourth-order valence-corrected chi connectivity index (χ4v) is 2.31. The monoisotopic (exact) mass is 260 g/mol. The van der Waals surface area contributed by atoms with Crippen LogP contribution in [0.2, 0.25) is 0 Å². The molecule has 0 atom stereocenters. The number of fused-ring (bicyclic) bond motifs is 1. The van der Waals surface area contributed by atoms with E-state index >= 15 is 0 Å². The summed E-state index contributed by atoms with van der Waals surface area (Å²) < 4.78 is 5.53. The van der Waals surface area contributed by atoms with E-state index in [1.807, 2.05) is 52.1 Å². The Morgan fingerprint density at radius 2 is 1.84 bits per heavy atom. The quantitative estimate of drug-likeness (QED) is 0.912. The molecule has 1 amide bonds. The topological polar surface area (TPSA) is 45.3 Å². The molecule has 2 rings (SSSR count). The SMILES string of the molecule is CC(C)N(C(=O)Oc1cccc2cc[nH]c12)C(C)C. The Morgan fingerprint density at radius 1 is 1.16 bits per heavy atom. The molecular weight excluding hydrogens is 240 g/mol. The van der Waals surface area contributed by atoms with Gasteiger partial charge in [-0.15, -0.1) is 0 Å². The highest BCUT2D eigenvalue weighted by atomic mass is 16.6. The number of H-pyrrole nitrogens is 1. The number of hydrogen-bond acceptors (Lipinski definition) is 2. The second-order valence-corrected chi connectivity index (χ2v) is 5.16. The van der Waals surface area contributed by atoms with Crippen molar-refractivity contribution in [1.29, 1.82) is 0 Å². The van der Waals surface area contributed by atoms with Crippen molar-refractivity contribution in [2.24, 2.45) is 0 Å². The smallest absolute Gasteiger partial charge is 0.408 e. The maximum atomic E-state index is 12.3. The zero-order chi connectivity index (χ0) is 14.0. The van der Waals surface area contributed by atoms with E-state index in [0.29, 0.717) is 5.75 Å². The predicted octanol–water partition coefficient (Wildman–Crippen LogP) is 3.79. The fourth-order valence-electron chi connectivity index (χ4n) is 2.31. The van der Waals surface area contributed by atoms with Crippen LogP contribution >= 0.6 is 0 Å². The molecule has 0 aliphatic rings. The standard InChI is InChI=1S/C15H20N2O2/c1-10(2)17(11(3)4)15(18)19-13-7-5-6-12-8-9-16-14(12)13/h5-11,16H,1-4H3. The van der Waals surface area contributed by atoms with E-state index < -0.39 is 0 Å². The van der Waals surface area contributed by atoms with Crippen molar-refractivity contribution >= 4 is 17.0 Å². The maximum Gasteiger partial charge on any atom is 0.415 e. The summed E-state index contributed by atoms with van der Waals surface area (Å²) in [6, 6.07) is 7.83. The molecule has 1 heterocycles. The van der Waals surface area contributed by atoms with Crippen LogP contribution in [0.15, 0.2) is 30.5 Å². The molecule has 0 spiro atoms. The summed E-state index contributed by atoms with van der Waals surface area (Å²) in [5.41, 5.74) is 0.850. The molecule has 19 heavy (non-hydrogen) atoms. The summed E-state index contributed by atoms with van der Waals surface area (Å²) in [6.45, 7) is 7.93. The second kappa shape index (κ2) is 5.34. The van der Waals surface area contributed by atoms with Crippen molar-refractivity contribution in [2.45, 2.75) is 39.8 Å². The summed E-state index contributed by atoms with van der Waals surface area (Å²) in [7, 11) is 0. The van der Waals surface area contributed by atoms with Gasteiger partial charge in [0.15, 0.2) is 5.75 Å². The first-order chi connectivity index (χ1) is 9.00. The van der Waals surface area contributed by atoms with E-state index in [9.17, 15) is 4.79 Å². The van der Waals surface area contributed by atoms with Crippen LogP contribution in [-0.2, 0) is 0 Å². The molecule has 0 bridgehead atoms. The molecular formula is C15H20N2O2. The van der Waals surface area contributed by atoms with E-state index in [2.05, 4.69) is 4.98 Å². The Balaban J connectivity index is 2.25. The molecule has 0 fully saturated rings. The largest absolute Gasteiger partial charge is 0.415 e. The van der Waals surface area contributed by atoms with Crippen LogP contribution in [0, 0.1) is 0 Å². The molecule has 2 aromatic rings. The molecule has 0 saturated heterocycles. The van der Waals surface area contributed by atoms with Gasteiger partial charge in [0.1, 0.15) is 0 Å². The van der Waals surface area contributed by atoms with Gasteiger partial charge in [0.2, 0.25) is 0 Å². The number of aromatic nitrogens is 1. The van der Waals surface area contributed by atoms with Crippen molar-refractivity contribution < 1.29 is 9.53 Å². The van der Waals surface area contributed by atoms with Gasteiger partial charge in [0.25, 0.3) is 0 Å². The summed E-state index contributed by atoms with van der Waals surface area (Å²) in [4.78, 5) is 17.1. The molecule has 102 valence electrons. The number of nitrogens with zero attached hydrogens (tertiary/aromatic N) is 1. The lowest BCUT2D eigenvalue weighted by molar-refractivity contribution is 0.123. The number of carbonyl (C=O) groups excluding carboxylic acids is 1. The van der Waals surface area contributed by atoms with Crippen molar-refractivity contribution in [3.8, 4) is 5.75 Å². The highest BCUT2D eigenvalue weighted by Crippen LogP contribution is 2.24. The van der Waals surface area contributed by atoms with Crippen LogP contribution in [0.3, 0.4) is 0 Å². The van der Waals surface area contributed by atoms with Crippen molar-refractivity contribution in [2.75, 3.05) is 0 Å². The predicted molar refractivity (Wildman–Crippen MR) is 76.4 cm³/mol. The Kier molecular flexibility index (Phi) is 3.79. The Bertz CT molecular complexity index is 564. The molecule has 1 aromatic heterocycles. The zero-order valence-electron chi connectivity index (χ0n) is 11.8. The summed E-state index contributed by atoms with van der Waals surface area (Å²) in [5.74, 6) is 0.568. The van der Waals surface area contributed by atoms with Crippen molar-refractivity contribution in [3.05, 3.63) is 30.5 Å². The number of hydrogen-bond donors (Lipinski definition) is 1. The first kappa shape index (κ1) is 13.5. The highest BCUT2D eigenvalue weighted by Gasteiger charge is 2.22. The van der Waals surface area contributed by atoms with E-state index in [4.69, 9.17) is 4.74 Å². The Hall–Kier alpha value is -1.97. The van der Waals surface area contributed by atoms with E-state index in [1.165, 1.54) is 0 Å². The number of para-hydroxylation sites is 1. The average molecular weight is 260 g/mol. The van der Waals surface area contributed by atoms with Crippen LogP contribution in [0.4, 0.5) is 4.79 Å². The molecule has 0 aliphatic heterocycles. The summed E-state index contributed by atoms with van der Waals surface area (Å²) in [6.07, 6.45) is 1.53. The normalized spacial score (nSPS) is 11.3. The average Bonchev–Trinajstić information content (AvgIpc) is 2.76. The molecule has 4 heteroatoms. The number of aromatic amines is 1. The first-order valence-electron chi connectivity index (χ1n) is 6.57. The minimum absolute atomic E-state index is 0.107. The fraction of sp³-hybridized carbons (Fsp3) is 0.400. The molecule has 0 unspecified atom stereocenters. The van der Waals surface area contributed by atoms with Crippen molar-refractivity contribution in [1.82, 2.24) is 9.88 Å². The minimum Gasteiger partial charge on any atom is -0.408 e. The summed E-state index contributed by atoms with van der Waals surface area (Å²) in [5, 5.41) is 1.03. The molecule has 0 radical (unpaired) electrons. The van der Waals surface area contributed by atoms with Gasteiger partial charge in [0.05, 0.1) is 5.52 Å². The van der Waals surface area contributed by atoms with E-state index in [0.717, 1.165) is 10.9 Å². The lowest BCUT2D eigenvalue weighted by Crippen LogP contribution is -2.43. The summed E-state index contributed by atoms with van der Waals surface area (Å²) >= 11 is 0. The lowest BCUT2D eigenvalue weighted by atomic mass is 10.2. The van der Waals surface area contributed by atoms with Gasteiger partial charge in [-0.25, -0.2) is 4.79 Å². The molecule has 0 aliphatic carbocycles. The lowest BCUT2D eigenvalue weighted by Gasteiger charge is -2.29. The second-order valence-electron chi connectivity index (χ2n) is 5.16. The zero-order valence-corrected chi connectivity index (χ0v) is 11.8. The highest BCUT2D eigenvalue weighted by molar-refractivity contribution is 5.87. The van der Waals surface area contributed by atoms with Gasteiger partial charge < -0.3 is 14.6 Å². The Morgan fingerprint density at radius 3 is 2.47 bits per heavy atom.